The van der Waals surface area contributed by atoms with Crippen molar-refractivity contribution in [1.82, 2.24) is 14.8 Å². The fourth-order valence-corrected chi connectivity index (χ4v) is 2.95. The molecule has 0 aliphatic rings. The van der Waals surface area contributed by atoms with Crippen molar-refractivity contribution in [2.45, 2.75) is 6.42 Å². The highest BCUT2D eigenvalue weighted by atomic mass is 16.1. The Labute approximate surface area is 145 Å². The number of rotatable bonds is 4. The number of hydrogen-bond acceptors (Lipinski definition) is 2. The molecule has 0 radical (unpaired) electrons. The van der Waals surface area contributed by atoms with Gasteiger partial charge in [-0.1, -0.05) is 48.5 Å². The van der Waals surface area contributed by atoms with Gasteiger partial charge in [-0.15, -0.1) is 0 Å². The van der Waals surface area contributed by atoms with Gasteiger partial charge < -0.3 is 10.3 Å². The molecule has 5 heteroatoms. The topological polar surface area (TPSA) is 62.7 Å². The van der Waals surface area contributed by atoms with Gasteiger partial charge in [-0.2, -0.15) is 5.10 Å². The van der Waals surface area contributed by atoms with Crippen LogP contribution in [0.5, 0.6) is 0 Å². The van der Waals surface area contributed by atoms with Crippen LogP contribution in [-0.4, -0.2) is 20.7 Å². The van der Waals surface area contributed by atoms with Crippen molar-refractivity contribution in [2.24, 2.45) is 7.05 Å². The normalized spacial score (nSPS) is 10.9. The number of aryl methyl sites for hydroxylation is 1. The molecule has 0 fully saturated rings. The summed E-state index contributed by atoms with van der Waals surface area (Å²) in [5, 5.41) is 8.29. The molecule has 0 atom stereocenters. The number of amides is 1. The molecule has 2 N–H and O–H groups in total. The molecule has 0 aliphatic carbocycles. The van der Waals surface area contributed by atoms with Crippen LogP contribution in [0.15, 0.2) is 66.9 Å². The summed E-state index contributed by atoms with van der Waals surface area (Å²) in [6.07, 6.45) is 2.40. The van der Waals surface area contributed by atoms with Gasteiger partial charge in [0.25, 0.3) is 5.91 Å². The Hall–Kier alpha value is -3.34. The van der Waals surface area contributed by atoms with E-state index in [-0.39, 0.29) is 5.91 Å². The molecule has 5 nitrogen and oxygen atoms in total. The van der Waals surface area contributed by atoms with E-state index in [2.05, 4.69) is 27.5 Å². The number of H-pyrrole nitrogens is 1. The Morgan fingerprint density at radius 1 is 1.12 bits per heavy atom. The average Bonchev–Trinajstić information content (AvgIpc) is 3.21. The lowest BCUT2D eigenvalue weighted by atomic mass is 10.1. The number of benzene rings is 2. The summed E-state index contributed by atoms with van der Waals surface area (Å²) < 4.78 is 1.80. The minimum Gasteiger partial charge on any atom is -0.351 e. The summed E-state index contributed by atoms with van der Waals surface area (Å²) in [4.78, 5) is 15.8. The third kappa shape index (κ3) is 3.04. The van der Waals surface area contributed by atoms with Crippen molar-refractivity contribution >= 4 is 22.5 Å². The molecule has 0 spiro atoms. The fourth-order valence-electron chi connectivity index (χ4n) is 2.95. The predicted octanol–water partition coefficient (Wildman–Crippen LogP) is 3.74. The molecule has 2 aromatic heterocycles. The van der Waals surface area contributed by atoms with E-state index in [1.165, 1.54) is 5.56 Å². The van der Waals surface area contributed by atoms with E-state index < -0.39 is 0 Å². The summed E-state index contributed by atoms with van der Waals surface area (Å²) in [5.41, 5.74) is 4.36. The zero-order valence-corrected chi connectivity index (χ0v) is 13.9. The average molecular weight is 330 g/mol. The first kappa shape index (κ1) is 15.2. The summed E-state index contributed by atoms with van der Waals surface area (Å²) in [6, 6.07) is 19.8. The summed E-state index contributed by atoms with van der Waals surface area (Å²) in [6.45, 7) is 0. The van der Waals surface area contributed by atoms with Crippen LogP contribution in [0.25, 0.3) is 10.9 Å². The number of aromatic nitrogens is 3. The van der Waals surface area contributed by atoms with Crippen LogP contribution in [0.2, 0.25) is 0 Å². The molecular weight excluding hydrogens is 312 g/mol. The van der Waals surface area contributed by atoms with Gasteiger partial charge in [0.2, 0.25) is 0 Å². The Morgan fingerprint density at radius 3 is 2.68 bits per heavy atom. The SMILES string of the molecule is Cn1ncc(NC(=O)c2cc3ccccc3[nH]2)c1Cc1ccccc1. The smallest absolute Gasteiger partial charge is 0.272 e. The van der Waals surface area contributed by atoms with E-state index in [4.69, 9.17) is 0 Å². The van der Waals surface area contributed by atoms with Gasteiger partial charge in [0.05, 0.1) is 17.6 Å². The molecule has 2 heterocycles. The van der Waals surface area contributed by atoms with Gasteiger partial charge in [0.1, 0.15) is 5.69 Å². The first-order valence-corrected chi connectivity index (χ1v) is 8.14. The van der Waals surface area contributed by atoms with Crippen molar-refractivity contribution < 1.29 is 4.79 Å². The Bertz CT molecular complexity index is 997. The zero-order valence-electron chi connectivity index (χ0n) is 13.9. The van der Waals surface area contributed by atoms with Crippen LogP contribution in [0, 0.1) is 0 Å². The van der Waals surface area contributed by atoms with Crippen molar-refractivity contribution in [3.63, 3.8) is 0 Å². The van der Waals surface area contributed by atoms with Crippen LogP contribution >= 0.6 is 0 Å². The molecule has 0 saturated heterocycles. The molecule has 0 unspecified atom stereocenters. The third-order valence-corrected chi connectivity index (χ3v) is 4.30. The number of carbonyl (C=O) groups is 1. The highest BCUT2D eigenvalue weighted by Crippen LogP contribution is 2.20. The van der Waals surface area contributed by atoms with Crippen LogP contribution in [-0.2, 0) is 13.5 Å². The van der Waals surface area contributed by atoms with Crippen LogP contribution in [0.1, 0.15) is 21.7 Å². The van der Waals surface area contributed by atoms with E-state index in [0.717, 1.165) is 22.3 Å². The number of nitrogens with one attached hydrogen (secondary N) is 2. The van der Waals surface area contributed by atoms with Gasteiger partial charge in [0.15, 0.2) is 0 Å². The standard InChI is InChI=1S/C20H18N4O/c1-24-19(11-14-7-3-2-4-8-14)18(13-21-24)23-20(25)17-12-15-9-5-6-10-16(15)22-17/h2-10,12-13,22H,11H2,1H3,(H,23,25). The lowest BCUT2D eigenvalue weighted by molar-refractivity contribution is 0.102. The fraction of sp³-hybridized carbons (Fsp3) is 0.100. The summed E-state index contributed by atoms with van der Waals surface area (Å²) >= 11 is 0. The van der Waals surface area contributed by atoms with E-state index in [0.29, 0.717) is 12.1 Å². The van der Waals surface area contributed by atoms with E-state index in [9.17, 15) is 4.79 Å². The minimum atomic E-state index is -0.168. The van der Waals surface area contributed by atoms with Crippen molar-refractivity contribution in [2.75, 3.05) is 5.32 Å². The minimum absolute atomic E-state index is 0.168. The number of fused-ring (bicyclic) bond motifs is 1. The Balaban J connectivity index is 1.59. The van der Waals surface area contributed by atoms with Crippen molar-refractivity contribution in [1.29, 1.82) is 0 Å². The molecule has 25 heavy (non-hydrogen) atoms. The third-order valence-electron chi connectivity index (χ3n) is 4.30. The molecule has 1 amide bonds. The maximum atomic E-state index is 12.6. The largest absolute Gasteiger partial charge is 0.351 e. The lowest BCUT2D eigenvalue weighted by Gasteiger charge is -2.07. The predicted molar refractivity (Wildman–Crippen MR) is 98.7 cm³/mol. The lowest BCUT2D eigenvalue weighted by Crippen LogP contribution is -2.14. The van der Waals surface area contributed by atoms with E-state index in [1.807, 2.05) is 55.6 Å². The number of aromatic amines is 1. The number of anilines is 1. The Morgan fingerprint density at radius 2 is 1.88 bits per heavy atom. The molecule has 0 aliphatic heterocycles. The van der Waals surface area contributed by atoms with Gasteiger partial charge in [0, 0.05) is 24.4 Å². The van der Waals surface area contributed by atoms with Crippen LogP contribution < -0.4 is 5.32 Å². The monoisotopic (exact) mass is 330 g/mol. The number of para-hydroxylation sites is 1. The van der Waals surface area contributed by atoms with Gasteiger partial charge in [-0.25, -0.2) is 0 Å². The maximum Gasteiger partial charge on any atom is 0.272 e. The first-order chi connectivity index (χ1) is 12.2. The van der Waals surface area contributed by atoms with Gasteiger partial charge in [-0.3, -0.25) is 9.48 Å². The molecule has 0 bridgehead atoms. The van der Waals surface area contributed by atoms with Crippen LogP contribution in [0.3, 0.4) is 0 Å². The second kappa shape index (κ2) is 6.28. The van der Waals surface area contributed by atoms with Crippen molar-refractivity contribution in [3.05, 3.63) is 83.8 Å². The molecule has 4 rings (SSSR count). The molecule has 0 saturated carbocycles. The molecular formula is C20H18N4O. The molecule has 124 valence electrons. The summed E-state index contributed by atoms with van der Waals surface area (Å²) in [5.74, 6) is -0.168. The van der Waals surface area contributed by atoms with E-state index in [1.54, 1.807) is 10.9 Å². The first-order valence-electron chi connectivity index (χ1n) is 8.14. The molecule has 4 aromatic rings. The summed E-state index contributed by atoms with van der Waals surface area (Å²) in [7, 11) is 1.89. The van der Waals surface area contributed by atoms with E-state index >= 15 is 0 Å². The quantitative estimate of drug-likeness (QED) is 0.599. The number of nitrogens with zero attached hydrogens (tertiary/aromatic N) is 2. The highest BCUT2D eigenvalue weighted by molar-refractivity contribution is 6.06. The number of carbonyl (C=O) groups excluding carboxylic acids is 1. The van der Waals surface area contributed by atoms with Gasteiger partial charge >= 0.3 is 0 Å². The maximum absolute atomic E-state index is 12.6. The van der Waals surface area contributed by atoms with Crippen molar-refractivity contribution in [3.8, 4) is 0 Å². The second-order valence-corrected chi connectivity index (χ2v) is 6.02. The van der Waals surface area contributed by atoms with Crippen LogP contribution in [0.4, 0.5) is 5.69 Å². The highest BCUT2D eigenvalue weighted by Gasteiger charge is 2.15. The number of hydrogen-bond donors (Lipinski definition) is 2. The second-order valence-electron chi connectivity index (χ2n) is 6.02. The van der Waals surface area contributed by atoms with Gasteiger partial charge in [-0.05, 0) is 17.7 Å². The Kier molecular flexibility index (Phi) is 3.82. The molecule has 2 aromatic carbocycles. The zero-order chi connectivity index (χ0) is 17.2.